The van der Waals surface area contributed by atoms with Gasteiger partial charge in [-0.05, 0) is 19.1 Å². The summed E-state index contributed by atoms with van der Waals surface area (Å²) in [5, 5.41) is 13.1. The molecule has 0 bridgehead atoms. The lowest BCUT2D eigenvalue weighted by Gasteiger charge is -2.04. The highest BCUT2D eigenvalue weighted by molar-refractivity contribution is 6.39. The number of aromatic nitrogens is 1. The van der Waals surface area contributed by atoms with Crippen LogP contribution in [-0.4, -0.2) is 35.1 Å². The molecule has 2 amide bonds. The Bertz CT molecular complexity index is 393. The van der Waals surface area contributed by atoms with Crippen molar-refractivity contribution in [3.63, 3.8) is 0 Å². The van der Waals surface area contributed by atoms with E-state index in [1.807, 2.05) is 0 Å². The quantitative estimate of drug-likeness (QED) is 0.599. The van der Waals surface area contributed by atoms with Crippen LogP contribution >= 0.6 is 0 Å². The van der Waals surface area contributed by atoms with Crippen molar-refractivity contribution < 1.29 is 14.7 Å². The van der Waals surface area contributed by atoms with Crippen LogP contribution in [0.4, 0.5) is 5.82 Å². The summed E-state index contributed by atoms with van der Waals surface area (Å²) in [4.78, 5) is 26.4. The van der Waals surface area contributed by atoms with E-state index >= 15 is 0 Å². The van der Waals surface area contributed by atoms with Crippen LogP contribution in [0.25, 0.3) is 0 Å². The molecule has 1 heterocycles. The van der Waals surface area contributed by atoms with E-state index in [0.717, 1.165) is 5.69 Å². The van der Waals surface area contributed by atoms with Gasteiger partial charge in [0.2, 0.25) is 0 Å². The molecule has 1 aromatic rings. The molecule has 6 nitrogen and oxygen atoms in total. The van der Waals surface area contributed by atoms with Crippen molar-refractivity contribution in [2.24, 2.45) is 0 Å². The van der Waals surface area contributed by atoms with Crippen molar-refractivity contribution in [1.82, 2.24) is 10.3 Å². The van der Waals surface area contributed by atoms with Crippen molar-refractivity contribution in [3.05, 3.63) is 23.9 Å². The Morgan fingerprint density at radius 1 is 1.38 bits per heavy atom. The average molecular weight is 223 g/mol. The highest BCUT2D eigenvalue weighted by atomic mass is 16.3. The molecule has 16 heavy (non-hydrogen) atoms. The van der Waals surface area contributed by atoms with Gasteiger partial charge in [-0.25, -0.2) is 4.98 Å². The summed E-state index contributed by atoms with van der Waals surface area (Å²) in [6, 6.07) is 5.09. The molecule has 0 aliphatic rings. The number of pyridine rings is 1. The van der Waals surface area contributed by atoms with Crippen LogP contribution in [0.1, 0.15) is 5.69 Å². The SMILES string of the molecule is Cc1cccc(NC(=O)C(=O)NCCO)n1. The second kappa shape index (κ2) is 5.82. The van der Waals surface area contributed by atoms with Gasteiger partial charge in [0.1, 0.15) is 5.82 Å². The van der Waals surface area contributed by atoms with E-state index < -0.39 is 11.8 Å². The number of carbonyl (C=O) groups is 2. The van der Waals surface area contributed by atoms with Crippen molar-refractivity contribution in [1.29, 1.82) is 0 Å². The fourth-order valence-electron chi connectivity index (χ4n) is 1.04. The fourth-order valence-corrected chi connectivity index (χ4v) is 1.04. The predicted octanol–water partition coefficient (Wildman–Crippen LogP) is -0.563. The fraction of sp³-hybridized carbons (Fsp3) is 0.300. The van der Waals surface area contributed by atoms with Gasteiger partial charge in [-0.1, -0.05) is 6.07 Å². The number of aliphatic hydroxyl groups excluding tert-OH is 1. The Labute approximate surface area is 92.7 Å². The van der Waals surface area contributed by atoms with E-state index in [1.54, 1.807) is 25.1 Å². The largest absolute Gasteiger partial charge is 0.395 e. The van der Waals surface area contributed by atoms with Gasteiger partial charge >= 0.3 is 11.8 Å². The lowest BCUT2D eigenvalue weighted by molar-refractivity contribution is -0.136. The first-order valence-electron chi connectivity index (χ1n) is 4.77. The molecule has 1 rings (SSSR count). The molecular weight excluding hydrogens is 210 g/mol. The predicted molar refractivity (Wildman–Crippen MR) is 57.7 cm³/mol. The molecule has 3 N–H and O–H groups in total. The van der Waals surface area contributed by atoms with E-state index in [2.05, 4.69) is 15.6 Å². The monoisotopic (exact) mass is 223 g/mol. The van der Waals surface area contributed by atoms with Gasteiger partial charge < -0.3 is 15.7 Å². The highest BCUT2D eigenvalue weighted by Crippen LogP contribution is 2.03. The third-order valence-electron chi connectivity index (χ3n) is 1.73. The molecule has 0 saturated heterocycles. The zero-order valence-electron chi connectivity index (χ0n) is 8.86. The van der Waals surface area contributed by atoms with E-state index in [1.165, 1.54) is 0 Å². The van der Waals surface area contributed by atoms with Crippen LogP contribution < -0.4 is 10.6 Å². The van der Waals surface area contributed by atoms with Gasteiger partial charge in [0.15, 0.2) is 0 Å². The summed E-state index contributed by atoms with van der Waals surface area (Å²) in [5.41, 5.74) is 0.744. The number of amides is 2. The van der Waals surface area contributed by atoms with Crippen molar-refractivity contribution >= 4 is 17.6 Å². The maximum atomic E-state index is 11.3. The van der Waals surface area contributed by atoms with Crippen LogP contribution in [0.3, 0.4) is 0 Å². The maximum absolute atomic E-state index is 11.3. The number of aryl methyl sites for hydroxylation is 1. The number of rotatable bonds is 3. The van der Waals surface area contributed by atoms with Crippen LogP contribution in [0.15, 0.2) is 18.2 Å². The molecule has 0 aliphatic carbocycles. The number of hydrogen-bond donors (Lipinski definition) is 3. The normalized spacial score (nSPS) is 9.62. The number of carbonyl (C=O) groups excluding carboxylic acids is 2. The Morgan fingerprint density at radius 3 is 2.75 bits per heavy atom. The van der Waals surface area contributed by atoms with Crippen molar-refractivity contribution in [2.45, 2.75) is 6.92 Å². The minimum atomic E-state index is -0.799. The standard InChI is InChI=1S/C10H13N3O3/c1-7-3-2-4-8(12-7)13-10(16)9(15)11-5-6-14/h2-4,14H,5-6H2,1H3,(H,11,15)(H,12,13,16). The summed E-state index contributed by atoms with van der Waals surface area (Å²) in [6.45, 7) is 1.62. The Kier molecular flexibility index (Phi) is 4.41. The Morgan fingerprint density at radius 2 is 2.12 bits per heavy atom. The number of hydrogen-bond acceptors (Lipinski definition) is 4. The van der Waals surface area contributed by atoms with E-state index in [-0.39, 0.29) is 13.2 Å². The van der Waals surface area contributed by atoms with Crippen LogP contribution in [0.2, 0.25) is 0 Å². The van der Waals surface area contributed by atoms with Gasteiger partial charge in [-0.2, -0.15) is 0 Å². The molecule has 0 atom stereocenters. The van der Waals surface area contributed by atoms with Gasteiger partial charge in [-0.3, -0.25) is 9.59 Å². The second-order valence-electron chi connectivity index (χ2n) is 3.10. The van der Waals surface area contributed by atoms with E-state index in [4.69, 9.17) is 5.11 Å². The molecule has 0 unspecified atom stereocenters. The Balaban J connectivity index is 2.54. The average Bonchev–Trinajstić information content (AvgIpc) is 2.25. The van der Waals surface area contributed by atoms with Gasteiger partial charge in [0, 0.05) is 12.2 Å². The first-order chi connectivity index (χ1) is 7.63. The van der Waals surface area contributed by atoms with E-state index in [0.29, 0.717) is 5.82 Å². The number of aliphatic hydroxyl groups is 1. The topological polar surface area (TPSA) is 91.3 Å². The van der Waals surface area contributed by atoms with Gasteiger partial charge in [-0.15, -0.1) is 0 Å². The van der Waals surface area contributed by atoms with Gasteiger partial charge in [0.05, 0.1) is 6.61 Å². The summed E-state index contributed by atoms with van der Waals surface area (Å²) >= 11 is 0. The first-order valence-corrected chi connectivity index (χ1v) is 4.77. The maximum Gasteiger partial charge on any atom is 0.314 e. The number of nitrogens with one attached hydrogen (secondary N) is 2. The summed E-state index contributed by atoms with van der Waals surface area (Å²) in [7, 11) is 0. The zero-order chi connectivity index (χ0) is 12.0. The molecule has 0 fully saturated rings. The van der Waals surface area contributed by atoms with Crippen LogP contribution in [-0.2, 0) is 9.59 Å². The zero-order valence-corrected chi connectivity index (χ0v) is 8.86. The smallest absolute Gasteiger partial charge is 0.314 e. The molecular formula is C10H13N3O3. The number of anilines is 1. The third-order valence-corrected chi connectivity index (χ3v) is 1.73. The van der Waals surface area contributed by atoms with Crippen LogP contribution in [0, 0.1) is 6.92 Å². The molecule has 0 spiro atoms. The van der Waals surface area contributed by atoms with Crippen LogP contribution in [0.5, 0.6) is 0 Å². The van der Waals surface area contributed by atoms with Gasteiger partial charge in [0.25, 0.3) is 0 Å². The molecule has 86 valence electrons. The Hall–Kier alpha value is -1.95. The van der Waals surface area contributed by atoms with Crippen molar-refractivity contribution in [2.75, 3.05) is 18.5 Å². The second-order valence-corrected chi connectivity index (χ2v) is 3.10. The summed E-state index contributed by atoms with van der Waals surface area (Å²) in [6.07, 6.45) is 0. The lowest BCUT2D eigenvalue weighted by Crippen LogP contribution is -2.37. The lowest BCUT2D eigenvalue weighted by atomic mass is 10.3. The van der Waals surface area contributed by atoms with E-state index in [9.17, 15) is 9.59 Å². The molecule has 0 aromatic carbocycles. The molecule has 0 saturated carbocycles. The number of nitrogens with zero attached hydrogens (tertiary/aromatic N) is 1. The molecule has 1 aromatic heterocycles. The summed E-state index contributed by atoms with van der Waals surface area (Å²) < 4.78 is 0. The molecule has 0 radical (unpaired) electrons. The highest BCUT2D eigenvalue weighted by Gasteiger charge is 2.12. The molecule has 6 heteroatoms. The minimum absolute atomic E-state index is 0.0491. The minimum Gasteiger partial charge on any atom is -0.395 e. The van der Waals surface area contributed by atoms with Crippen molar-refractivity contribution in [3.8, 4) is 0 Å². The first kappa shape index (κ1) is 12.1. The summed E-state index contributed by atoms with van der Waals surface area (Å²) in [5.74, 6) is -1.27. The molecule has 0 aliphatic heterocycles. The third kappa shape index (κ3) is 3.66.